The lowest BCUT2D eigenvalue weighted by Gasteiger charge is -2.20. The predicted octanol–water partition coefficient (Wildman–Crippen LogP) is 2.72. The number of carboxylic acid groups (broad SMARTS) is 1. The molecule has 0 radical (unpaired) electrons. The minimum Gasteiger partial charge on any atom is -0.478 e. The zero-order chi connectivity index (χ0) is 14.7. The van der Waals surface area contributed by atoms with Crippen LogP contribution >= 0.6 is 0 Å². The fourth-order valence-corrected chi connectivity index (χ4v) is 2.28. The maximum atomic E-state index is 12.4. The second-order valence-corrected chi connectivity index (χ2v) is 5.07. The molecule has 0 saturated heterocycles. The van der Waals surface area contributed by atoms with Crippen LogP contribution in [0.4, 0.5) is 0 Å². The number of amides is 1. The van der Waals surface area contributed by atoms with Crippen LogP contribution in [0.2, 0.25) is 0 Å². The minimum absolute atomic E-state index is 0.0619. The van der Waals surface area contributed by atoms with E-state index in [1.807, 2.05) is 24.8 Å². The molecule has 2 rings (SSSR count). The highest BCUT2D eigenvalue weighted by molar-refractivity contribution is 5.95. The van der Waals surface area contributed by atoms with Gasteiger partial charge in [0.05, 0.1) is 0 Å². The molecule has 1 fully saturated rings. The van der Waals surface area contributed by atoms with Crippen molar-refractivity contribution in [2.75, 3.05) is 6.54 Å². The molecule has 0 unspecified atom stereocenters. The van der Waals surface area contributed by atoms with Crippen molar-refractivity contribution in [3.63, 3.8) is 0 Å². The van der Waals surface area contributed by atoms with E-state index in [-0.39, 0.29) is 5.91 Å². The zero-order valence-corrected chi connectivity index (χ0v) is 11.8. The Balaban J connectivity index is 2.19. The van der Waals surface area contributed by atoms with Gasteiger partial charge in [-0.1, -0.05) is 6.07 Å². The number of carbonyl (C=O) groups excluding carboxylic acids is 1. The Morgan fingerprint density at radius 1 is 1.40 bits per heavy atom. The van der Waals surface area contributed by atoms with Gasteiger partial charge in [0.2, 0.25) is 0 Å². The third kappa shape index (κ3) is 3.26. The second kappa shape index (κ2) is 5.90. The average Bonchev–Trinajstić information content (AvgIpc) is 3.22. The number of aryl methyl sites for hydroxylation is 1. The van der Waals surface area contributed by atoms with Crippen LogP contribution in [0.15, 0.2) is 24.3 Å². The number of carbonyl (C=O) groups is 2. The first-order valence-electron chi connectivity index (χ1n) is 6.85. The van der Waals surface area contributed by atoms with E-state index in [1.165, 1.54) is 0 Å². The summed E-state index contributed by atoms with van der Waals surface area (Å²) in [5.41, 5.74) is 2.39. The first-order chi connectivity index (χ1) is 9.52. The van der Waals surface area contributed by atoms with Gasteiger partial charge in [0.25, 0.3) is 5.91 Å². The number of benzene rings is 1. The molecule has 106 valence electrons. The van der Waals surface area contributed by atoms with E-state index < -0.39 is 5.97 Å². The van der Waals surface area contributed by atoms with Gasteiger partial charge in [0.15, 0.2) is 0 Å². The van der Waals surface area contributed by atoms with Crippen molar-refractivity contribution in [3.05, 3.63) is 41.0 Å². The first-order valence-corrected chi connectivity index (χ1v) is 6.85. The summed E-state index contributed by atoms with van der Waals surface area (Å²) >= 11 is 0. The lowest BCUT2D eigenvalue weighted by Crippen LogP contribution is -2.32. The second-order valence-electron chi connectivity index (χ2n) is 5.07. The fraction of sp³-hybridized carbons (Fsp3) is 0.375. The van der Waals surface area contributed by atoms with Crippen LogP contribution in [0, 0.1) is 6.92 Å². The minimum atomic E-state index is -0.976. The van der Waals surface area contributed by atoms with Crippen LogP contribution in [0.5, 0.6) is 0 Å². The maximum absolute atomic E-state index is 12.4. The molecule has 1 N–H and O–H groups in total. The van der Waals surface area contributed by atoms with Crippen LogP contribution < -0.4 is 0 Å². The summed E-state index contributed by atoms with van der Waals surface area (Å²) in [6, 6.07) is 5.79. The summed E-state index contributed by atoms with van der Waals surface area (Å²) in [5.74, 6) is -0.915. The summed E-state index contributed by atoms with van der Waals surface area (Å²) < 4.78 is 0. The molecular formula is C16H19NO3. The SMILES string of the molecule is CCN(C(=O)c1ccc(/C=C/C(=O)O)c(C)c1)C1CC1. The van der Waals surface area contributed by atoms with Gasteiger partial charge in [-0.3, -0.25) is 4.79 Å². The van der Waals surface area contributed by atoms with Crippen molar-refractivity contribution in [2.45, 2.75) is 32.7 Å². The number of hydrogen-bond donors (Lipinski definition) is 1. The van der Waals surface area contributed by atoms with Crippen molar-refractivity contribution < 1.29 is 14.7 Å². The molecule has 0 heterocycles. The van der Waals surface area contributed by atoms with Gasteiger partial charge in [0, 0.05) is 24.2 Å². The highest BCUT2D eigenvalue weighted by Crippen LogP contribution is 2.28. The molecule has 4 nitrogen and oxygen atoms in total. The molecule has 0 aromatic heterocycles. The molecule has 1 aliphatic carbocycles. The molecule has 1 aromatic rings. The predicted molar refractivity (Wildman–Crippen MR) is 77.6 cm³/mol. The largest absolute Gasteiger partial charge is 0.478 e. The first kappa shape index (κ1) is 14.3. The van der Waals surface area contributed by atoms with E-state index in [0.717, 1.165) is 36.6 Å². The van der Waals surface area contributed by atoms with Crippen LogP contribution in [0.3, 0.4) is 0 Å². The number of hydrogen-bond acceptors (Lipinski definition) is 2. The van der Waals surface area contributed by atoms with Gasteiger partial charge in [-0.25, -0.2) is 4.79 Å². The Kier molecular flexibility index (Phi) is 4.23. The molecule has 1 aliphatic rings. The zero-order valence-electron chi connectivity index (χ0n) is 11.8. The van der Waals surface area contributed by atoms with Gasteiger partial charge >= 0.3 is 5.97 Å². The summed E-state index contributed by atoms with van der Waals surface area (Å²) in [7, 11) is 0. The summed E-state index contributed by atoms with van der Waals surface area (Å²) in [5, 5.41) is 8.63. The molecular weight excluding hydrogens is 254 g/mol. The summed E-state index contributed by atoms with van der Waals surface area (Å²) in [6.07, 6.45) is 4.84. The topological polar surface area (TPSA) is 57.6 Å². The lowest BCUT2D eigenvalue weighted by atomic mass is 10.0. The summed E-state index contributed by atoms with van der Waals surface area (Å²) in [6.45, 7) is 4.60. The Morgan fingerprint density at radius 2 is 2.10 bits per heavy atom. The van der Waals surface area contributed by atoms with Crippen molar-refractivity contribution in [2.24, 2.45) is 0 Å². The monoisotopic (exact) mass is 273 g/mol. The van der Waals surface area contributed by atoms with Crippen LogP contribution in [0.25, 0.3) is 6.08 Å². The fourth-order valence-electron chi connectivity index (χ4n) is 2.28. The van der Waals surface area contributed by atoms with Crippen molar-refractivity contribution in [1.29, 1.82) is 0 Å². The van der Waals surface area contributed by atoms with E-state index in [9.17, 15) is 9.59 Å². The Bertz CT molecular complexity index is 559. The van der Waals surface area contributed by atoms with E-state index in [1.54, 1.807) is 18.2 Å². The van der Waals surface area contributed by atoms with Crippen molar-refractivity contribution in [3.8, 4) is 0 Å². The van der Waals surface area contributed by atoms with Crippen LogP contribution in [-0.2, 0) is 4.79 Å². The van der Waals surface area contributed by atoms with Crippen LogP contribution in [0.1, 0.15) is 41.3 Å². The third-order valence-corrected chi connectivity index (χ3v) is 3.51. The average molecular weight is 273 g/mol. The third-order valence-electron chi connectivity index (χ3n) is 3.51. The van der Waals surface area contributed by atoms with E-state index in [4.69, 9.17) is 5.11 Å². The Labute approximate surface area is 118 Å². The molecule has 1 amide bonds. The number of aliphatic carboxylic acids is 1. The molecule has 0 atom stereocenters. The number of nitrogens with zero attached hydrogens (tertiary/aromatic N) is 1. The lowest BCUT2D eigenvalue weighted by molar-refractivity contribution is -0.131. The normalized spacial score (nSPS) is 14.5. The standard InChI is InChI=1S/C16H19NO3/c1-3-17(14-7-8-14)16(20)13-5-4-12(11(2)10-13)6-9-15(18)19/h4-6,9-10,14H,3,7-8H2,1-2H3,(H,18,19)/b9-6+. The molecule has 1 aromatic carbocycles. The van der Waals surface area contributed by atoms with E-state index >= 15 is 0 Å². The van der Waals surface area contributed by atoms with Gasteiger partial charge in [-0.15, -0.1) is 0 Å². The smallest absolute Gasteiger partial charge is 0.328 e. The highest BCUT2D eigenvalue weighted by Gasteiger charge is 2.31. The molecule has 0 bridgehead atoms. The summed E-state index contributed by atoms with van der Waals surface area (Å²) in [4.78, 5) is 24.8. The van der Waals surface area contributed by atoms with Gasteiger partial charge in [0.1, 0.15) is 0 Å². The van der Waals surface area contributed by atoms with E-state index in [2.05, 4.69) is 0 Å². The maximum Gasteiger partial charge on any atom is 0.328 e. The van der Waals surface area contributed by atoms with Crippen molar-refractivity contribution >= 4 is 18.0 Å². The van der Waals surface area contributed by atoms with Crippen LogP contribution in [-0.4, -0.2) is 34.5 Å². The molecule has 1 saturated carbocycles. The highest BCUT2D eigenvalue weighted by atomic mass is 16.4. The molecule has 4 heteroatoms. The Morgan fingerprint density at radius 3 is 2.60 bits per heavy atom. The van der Waals surface area contributed by atoms with Crippen molar-refractivity contribution in [1.82, 2.24) is 4.90 Å². The number of carboxylic acids is 1. The van der Waals surface area contributed by atoms with Gasteiger partial charge in [-0.05, 0) is 56.0 Å². The van der Waals surface area contributed by atoms with Gasteiger partial charge < -0.3 is 10.0 Å². The quantitative estimate of drug-likeness (QED) is 0.839. The Hall–Kier alpha value is -2.10. The number of rotatable bonds is 5. The molecule has 20 heavy (non-hydrogen) atoms. The molecule has 0 aliphatic heterocycles. The van der Waals surface area contributed by atoms with E-state index in [0.29, 0.717) is 11.6 Å². The molecule has 0 spiro atoms. The van der Waals surface area contributed by atoms with Gasteiger partial charge in [-0.2, -0.15) is 0 Å².